The molecule has 1 aliphatic heterocycles. The van der Waals surface area contributed by atoms with Gasteiger partial charge in [-0.2, -0.15) is 0 Å². The fraction of sp³-hybridized carbons (Fsp3) is 0.360. The number of nitrogens with zero attached hydrogens (tertiary/aromatic N) is 1. The van der Waals surface area contributed by atoms with Crippen LogP contribution >= 0.6 is 0 Å². The number of anilines is 1. The van der Waals surface area contributed by atoms with E-state index in [1.165, 1.54) is 11.8 Å². The Balaban J connectivity index is 1.37. The fourth-order valence-corrected chi connectivity index (χ4v) is 4.33. The number of alkyl halides is 1. The van der Waals surface area contributed by atoms with Crippen LogP contribution in [0.1, 0.15) is 36.8 Å². The highest BCUT2D eigenvalue weighted by molar-refractivity contribution is 6.45. The summed E-state index contributed by atoms with van der Waals surface area (Å²) >= 11 is 0. The molecule has 0 spiro atoms. The fourth-order valence-electron chi connectivity index (χ4n) is 4.33. The molecule has 2 aromatic rings. The van der Waals surface area contributed by atoms with Crippen molar-refractivity contribution in [3.63, 3.8) is 0 Å². The summed E-state index contributed by atoms with van der Waals surface area (Å²) in [5.74, 6) is -0.877. The number of Topliss-reactive ketones (excluding diaryl/α,β-unsaturated/α-hetero) is 1. The van der Waals surface area contributed by atoms with Crippen molar-refractivity contribution in [2.24, 2.45) is 0 Å². The minimum absolute atomic E-state index is 0.00175. The average molecular weight is 451 g/mol. The molecule has 33 heavy (non-hydrogen) atoms. The number of carbonyl (C=O) groups excluding carboxylic acids is 3. The first-order valence-electron chi connectivity index (χ1n) is 11.1. The molecule has 8 heteroatoms. The number of halogens is 1. The molecule has 1 saturated carbocycles. The lowest BCUT2D eigenvalue weighted by Crippen LogP contribution is -2.48. The maximum absolute atomic E-state index is 14.2. The molecular weight excluding hydrogens is 423 g/mol. The van der Waals surface area contributed by atoms with Gasteiger partial charge in [-0.15, -0.1) is 0 Å². The predicted octanol–water partition coefficient (Wildman–Crippen LogP) is 2.67. The number of benzene rings is 2. The first-order chi connectivity index (χ1) is 15.8. The van der Waals surface area contributed by atoms with Crippen molar-refractivity contribution in [3.8, 4) is 0 Å². The molecule has 4 atom stereocenters. The highest BCUT2D eigenvalue weighted by Gasteiger charge is 2.44. The van der Waals surface area contributed by atoms with E-state index in [4.69, 9.17) is 5.41 Å². The van der Waals surface area contributed by atoms with E-state index in [1.54, 1.807) is 24.3 Å². The largest absolute Gasteiger partial charge is 0.376 e. The lowest BCUT2D eigenvalue weighted by atomic mass is 10.1. The topological polar surface area (TPSA) is 102 Å². The van der Waals surface area contributed by atoms with Gasteiger partial charge in [-0.3, -0.25) is 19.8 Å². The summed E-state index contributed by atoms with van der Waals surface area (Å²) in [6.07, 6.45) is -0.450. The molecular formula is C25H27FN4O3. The number of amides is 2. The van der Waals surface area contributed by atoms with E-state index in [-0.39, 0.29) is 48.9 Å². The monoisotopic (exact) mass is 450 g/mol. The van der Waals surface area contributed by atoms with Crippen molar-refractivity contribution >= 4 is 29.0 Å². The van der Waals surface area contributed by atoms with Gasteiger partial charge >= 0.3 is 0 Å². The molecule has 1 saturated heterocycles. The van der Waals surface area contributed by atoms with Crippen LogP contribution < -0.4 is 10.6 Å². The molecule has 3 N–H and O–H groups in total. The van der Waals surface area contributed by atoms with Gasteiger partial charge in [0.2, 0.25) is 11.8 Å². The van der Waals surface area contributed by atoms with Crippen molar-refractivity contribution in [1.29, 1.82) is 5.41 Å². The molecule has 2 aromatic carbocycles. The Morgan fingerprint density at radius 3 is 2.48 bits per heavy atom. The Kier molecular flexibility index (Phi) is 6.53. The Labute approximate surface area is 191 Å². The van der Waals surface area contributed by atoms with Crippen LogP contribution in [0.4, 0.5) is 10.1 Å². The predicted molar refractivity (Wildman–Crippen MR) is 123 cm³/mol. The molecule has 1 heterocycles. The molecule has 0 bridgehead atoms. The van der Waals surface area contributed by atoms with Gasteiger partial charge in [0.15, 0.2) is 5.78 Å². The number of ketones is 1. The Hall–Kier alpha value is -3.55. The number of rotatable bonds is 8. The number of carbonyl (C=O) groups is 3. The Bertz CT molecular complexity index is 1070. The highest BCUT2D eigenvalue weighted by Crippen LogP contribution is 2.40. The summed E-state index contributed by atoms with van der Waals surface area (Å²) in [6, 6.07) is 15.8. The van der Waals surface area contributed by atoms with Gasteiger partial charge in [0.25, 0.3) is 0 Å². The van der Waals surface area contributed by atoms with Gasteiger partial charge < -0.3 is 15.5 Å². The minimum Gasteiger partial charge on any atom is -0.376 e. The van der Waals surface area contributed by atoms with Gasteiger partial charge in [0.1, 0.15) is 17.9 Å². The number of hydrogen-bond acceptors (Lipinski definition) is 5. The SMILES string of the molecule is CC(=O)C(=N)c1ccccc1NCC(=O)N1C[C@H](F)C[C@H]1C(=O)N[C@@H]1C[C@H]1c1ccccc1. The molecule has 7 nitrogen and oxygen atoms in total. The molecule has 4 rings (SSSR count). The van der Waals surface area contributed by atoms with E-state index >= 15 is 0 Å². The smallest absolute Gasteiger partial charge is 0.243 e. The van der Waals surface area contributed by atoms with E-state index in [2.05, 4.69) is 10.6 Å². The van der Waals surface area contributed by atoms with E-state index in [0.717, 1.165) is 12.0 Å². The third kappa shape index (κ3) is 5.10. The van der Waals surface area contributed by atoms with Crippen LogP contribution in [-0.4, -0.2) is 59.6 Å². The number of hydrogen-bond donors (Lipinski definition) is 3. The molecule has 0 unspecified atom stereocenters. The zero-order chi connectivity index (χ0) is 23.5. The van der Waals surface area contributed by atoms with Gasteiger partial charge in [-0.05, 0) is 18.1 Å². The summed E-state index contributed by atoms with van der Waals surface area (Å²) in [5.41, 5.74) is 1.85. The summed E-state index contributed by atoms with van der Waals surface area (Å²) < 4.78 is 14.2. The molecule has 172 valence electrons. The first kappa shape index (κ1) is 22.6. The van der Waals surface area contributed by atoms with Gasteiger partial charge in [0.05, 0.1) is 13.1 Å². The quantitative estimate of drug-likeness (QED) is 0.538. The molecule has 2 aliphatic rings. The van der Waals surface area contributed by atoms with Crippen LogP contribution in [0.5, 0.6) is 0 Å². The zero-order valence-electron chi connectivity index (χ0n) is 18.4. The van der Waals surface area contributed by atoms with Gasteiger partial charge in [-0.25, -0.2) is 4.39 Å². The minimum atomic E-state index is -1.26. The number of para-hydroxylation sites is 1. The molecule has 2 fully saturated rings. The Morgan fingerprint density at radius 2 is 1.76 bits per heavy atom. The van der Waals surface area contributed by atoms with E-state index in [9.17, 15) is 18.8 Å². The van der Waals surface area contributed by atoms with Gasteiger partial charge in [-0.1, -0.05) is 48.5 Å². The van der Waals surface area contributed by atoms with Crippen LogP contribution in [-0.2, 0) is 14.4 Å². The second-order valence-electron chi connectivity index (χ2n) is 8.59. The van der Waals surface area contributed by atoms with E-state index in [1.807, 2.05) is 30.3 Å². The van der Waals surface area contributed by atoms with Crippen LogP contribution in [0, 0.1) is 5.41 Å². The maximum atomic E-state index is 14.2. The summed E-state index contributed by atoms with van der Waals surface area (Å²) in [6.45, 7) is 1.01. The summed E-state index contributed by atoms with van der Waals surface area (Å²) in [5, 5.41) is 13.9. The Morgan fingerprint density at radius 1 is 1.06 bits per heavy atom. The molecule has 2 amide bonds. The standard InChI is InChI=1S/C25H27FN4O3/c1-15(31)24(27)18-9-5-6-10-20(18)28-13-23(32)30-14-17(26)11-22(30)25(33)29-21-12-19(21)16-7-3-2-4-8-16/h2-10,17,19,21-22,27-28H,11-14H2,1H3,(H,29,33)/t17-,19+,21-,22+/m1/s1. The zero-order valence-corrected chi connectivity index (χ0v) is 18.4. The molecule has 0 aromatic heterocycles. The van der Waals surface area contributed by atoms with Crippen molar-refractivity contribution in [1.82, 2.24) is 10.2 Å². The number of nitrogens with one attached hydrogen (secondary N) is 3. The van der Waals surface area contributed by atoms with E-state index < -0.39 is 18.1 Å². The van der Waals surface area contributed by atoms with Crippen molar-refractivity contribution in [2.75, 3.05) is 18.4 Å². The second kappa shape index (κ2) is 9.52. The number of likely N-dealkylation sites (tertiary alicyclic amines) is 1. The molecule has 0 radical (unpaired) electrons. The normalized spacial score (nSPS) is 23.6. The van der Waals surface area contributed by atoms with Crippen LogP contribution in [0.3, 0.4) is 0 Å². The lowest BCUT2D eigenvalue weighted by molar-refractivity contribution is -0.137. The first-order valence-corrected chi connectivity index (χ1v) is 11.1. The molecule has 1 aliphatic carbocycles. The van der Waals surface area contributed by atoms with Crippen LogP contribution in [0.15, 0.2) is 54.6 Å². The third-order valence-electron chi connectivity index (χ3n) is 6.20. The lowest BCUT2D eigenvalue weighted by Gasteiger charge is -2.24. The van der Waals surface area contributed by atoms with E-state index in [0.29, 0.717) is 11.3 Å². The average Bonchev–Trinajstić information content (AvgIpc) is 3.47. The van der Waals surface area contributed by atoms with Crippen molar-refractivity contribution in [2.45, 2.75) is 43.9 Å². The maximum Gasteiger partial charge on any atom is 0.243 e. The summed E-state index contributed by atoms with van der Waals surface area (Å²) in [7, 11) is 0. The second-order valence-corrected chi connectivity index (χ2v) is 8.59. The van der Waals surface area contributed by atoms with Crippen LogP contribution in [0.25, 0.3) is 0 Å². The van der Waals surface area contributed by atoms with Crippen molar-refractivity contribution < 1.29 is 18.8 Å². The third-order valence-corrected chi connectivity index (χ3v) is 6.20. The summed E-state index contributed by atoms with van der Waals surface area (Å²) in [4.78, 5) is 38.6. The van der Waals surface area contributed by atoms with Gasteiger partial charge in [0, 0.05) is 36.6 Å². The highest BCUT2D eigenvalue weighted by atomic mass is 19.1. The van der Waals surface area contributed by atoms with Crippen LogP contribution in [0.2, 0.25) is 0 Å². The van der Waals surface area contributed by atoms with Crippen molar-refractivity contribution in [3.05, 3.63) is 65.7 Å².